The first-order valence-electron chi connectivity index (χ1n) is 11.8. The molecule has 2 aliphatic rings. The number of hydrogen-bond donors (Lipinski definition) is 0. The summed E-state index contributed by atoms with van der Waals surface area (Å²) in [7, 11) is -2.58. The molecule has 0 saturated heterocycles. The fourth-order valence-corrected chi connectivity index (χ4v) is 4.83. The largest absolute Gasteiger partial charge is 0.701 e. The molecule has 40 heavy (non-hydrogen) atoms. The Kier molecular flexibility index (Phi) is 6.51. The Morgan fingerprint density at radius 1 is 0.650 bits per heavy atom. The van der Waals surface area contributed by atoms with E-state index in [1.54, 1.807) is 48.5 Å². The number of fused-ring (bicyclic) bond motifs is 2. The van der Waals surface area contributed by atoms with Crippen LogP contribution in [0.25, 0.3) is 0 Å². The summed E-state index contributed by atoms with van der Waals surface area (Å²) in [6, 6.07) is 13.4. The zero-order valence-electron chi connectivity index (χ0n) is 20.5. The zero-order valence-corrected chi connectivity index (χ0v) is 21.4. The monoisotopic (exact) mass is 561 g/mol. The van der Waals surface area contributed by atoms with Crippen LogP contribution in [0.3, 0.4) is 0 Å². The van der Waals surface area contributed by atoms with E-state index >= 15 is 0 Å². The third-order valence-corrected chi connectivity index (χ3v) is 6.81. The van der Waals surface area contributed by atoms with Crippen LogP contribution in [0.2, 0.25) is 0 Å². The van der Waals surface area contributed by atoms with Crippen molar-refractivity contribution in [1.29, 1.82) is 0 Å². The van der Waals surface area contributed by atoms with Crippen molar-refractivity contribution >= 4 is 43.0 Å². The summed E-state index contributed by atoms with van der Waals surface area (Å²) in [5.41, 5.74) is 2.47. The molecule has 200 valence electrons. The van der Waals surface area contributed by atoms with E-state index in [0.29, 0.717) is 33.9 Å². The van der Waals surface area contributed by atoms with Crippen LogP contribution in [-0.4, -0.2) is 53.4 Å². The molecule has 2 aromatic carbocycles. The third-order valence-electron chi connectivity index (χ3n) is 6.16. The Labute approximate surface area is 225 Å². The Morgan fingerprint density at radius 3 is 1.52 bits per heavy atom. The van der Waals surface area contributed by atoms with Crippen molar-refractivity contribution in [3.05, 3.63) is 83.4 Å². The molecule has 2 aliphatic heterocycles. The van der Waals surface area contributed by atoms with Gasteiger partial charge in [-0.3, -0.25) is 29.0 Å². The molecule has 0 atom stereocenters. The zero-order chi connectivity index (χ0) is 27.8. The highest BCUT2D eigenvalue weighted by molar-refractivity contribution is 7.33. The molecule has 4 heterocycles. The van der Waals surface area contributed by atoms with Gasteiger partial charge in [-0.05, 0) is 24.3 Å². The van der Waals surface area contributed by atoms with Gasteiger partial charge < -0.3 is 0 Å². The molecule has 16 heteroatoms. The lowest BCUT2D eigenvalue weighted by molar-refractivity contribution is -0.115. The molecule has 2 aromatic heterocycles. The van der Waals surface area contributed by atoms with Gasteiger partial charge >= 0.3 is 8.25 Å². The first kappa shape index (κ1) is 25.3. The molecular formula is C24H18N8O7P+. The lowest BCUT2D eigenvalue weighted by Gasteiger charge is -2.14. The molecule has 6 rings (SSSR count). The maximum atomic E-state index is 12.3. The van der Waals surface area contributed by atoms with Gasteiger partial charge in [0.2, 0.25) is 0 Å². The van der Waals surface area contributed by atoms with Gasteiger partial charge in [-0.15, -0.1) is 10.2 Å². The first-order chi connectivity index (χ1) is 19.4. The number of benzene rings is 2. The number of rotatable bonds is 10. The number of para-hydroxylation sites is 2. The number of ketones is 2. The molecule has 4 aromatic rings. The molecule has 0 radical (unpaired) electrons. The number of hydrogen-bond acceptors (Lipinski definition) is 11. The van der Waals surface area contributed by atoms with Crippen molar-refractivity contribution in [3.8, 4) is 0 Å². The van der Waals surface area contributed by atoms with Crippen molar-refractivity contribution in [3.63, 3.8) is 0 Å². The Morgan fingerprint density at radius 2 is 1.07 bits per heavy atom. The number of amides is 2. The molecule has 15 nitrogen and oxygen atoms in total. The number of carbonyl (C=O) groups excluding carboxylic acids is 4. The fourth-order valence-electron chi connectivity index (χ4n) is 4.33. The van der Waals surface area contributed by atoms with Crippen LogP contribution in [-0.2, 0) is 49.8 Å². The highest BCUT2D eigenvalue weighted by atomic mass is 31.1. The summed E-state index contributed by atoms with van der Waals surface area (Å²) in [4.78, 5) is 51.6. The van der Waals surface area contributed by atoms with E-state index in [-0.39, 0.29) is 26.6 Å². The molecule has 0 saturated carbocycles. The summed E-state index contributed by atoms with van der Waals surface area (Å²) in [6.45, 7) is -0.444. The van der Waals surface area contributed by atoms with Crippen LogP contribution in [0.1, 0.15) is 32.1 Å². The van der Waals surface area contributed by atoms with Gasteiger partial charge in [0.05, 0.1) is 48.0 Å². The van der Waals surface area contributed by atoms with Crippen molar-refractivity contribution < 1.29 is 32.8 Å². The van der Waals surface area contributed by atoms with Gasteiger partial charge in [0.15, 0.2) is 13.5 Å². The van der Waals surface area contributed by atoms with E-state index in [1.165, 1.54) is 31.6 Å². The Bertz CT molecular complexity index is 1580. The minimum Gasteiger partial charge on any atom is -0.299 e. The minimum absolute atomic E-state index is 0.0294. The van der Waals surface area contributed by atoms with Crippen LogP contribution in [0.4, 0.5) is 11.4 Å². The van der Waals surface area contributed by atoms with E-state index in [2.05, 4.69) is 20.6 Å². The van der Waals surface area contributed by atoms with Crippen LogP contribution >= 0.6 is 8.25 Å². The normalized spacial score (nSPS) is 14.3. The maximum Gasteiger partial charge on any atom is 0.701 e. The van der Waals surface area contributed by atoms with Gasteiger partial charge in [-0.2, -0.15) is 0 Å². The van der Waals surface area contributed by atoms with Crippen LogP contribution in [0.5, 0.6) is 0 Å². The highest BCUT2D eigenvalue weighted by Crippen LogP contribution is 2.31. The van der Waals surface area contributed by atoms with Gasteiger partial charge in [-0.1, -0.05) is 43.7 Å². The molecule has 0 bridgehead atoms. The molecule has 0 unspecified atom stereocenters. The van der Waals surface area contributed by atoms with E-state index in [1.807, 2.05) is 0 Å². The number of Topliss-reactive ketones (excluding diaryl/α,β-unsaturated/α-hetero) is 2. The number of aromatic nitrogens is 6. The lowest BCUT2D eigenvalue weighted by atomic mass is 10.1. The fraction of sp³-hybridized carbons (Fsp3) is 0.167. The molecule has 2 amide bonds. The van der Waals surface area contributed by atoms with E-state index in [4.69, 9.17) is 9.05 Å². The number of nitrogens with zero attached hydrogens (tertiary/aromatic N) is 8. The molecule has 0 fully saturated rings. The molecule has 0 N–H and O–H groups in total. The molecular weight excluding hydrogens is 543 g/mol. The second-order valence-corrected chi connectivity index (χ2v) is 9.68. The summed E-state index contributed by atoms with van der Waals surface area (Å²) in [5.74, 6) is -2.45. The Hall–Kier alpha value is -4.98. The molecule has 0 spiro atoms. The second kappa shape index (κ2) is 10.3. The van der Waals surface area contributed by atoms with Gasteiger partial charge in [0.25, 0.3) is 23.4 Å². The van der Waals surface area contributed by atoms with Gasteiger partial charge in [0.1, 0.15) is 11.4 Å². The van der Waals surface area contributed by atoms with Gasteiger partial charge in [0, 0.05) is 4.57 Å². The van der Waals surface area contributed by atoms with Crippen LogP contribution in [0, 0.1) is 0 Å². The van der Waals surface area contributed by atoms with E-state index < -0.39 is 31.6 Å². The average molecular weight is 561 g/mol. The maximum absolute atomic E-state index is 12.3. The van der Waals surface area contributed by atoms with Gasteiger partial charge in [-0.25, -0.2) is 9.36 Å². The van der Waals surface area contributed by atoms with Crippen molar-refractivity contribution in [1.82, 2.24) is 30.0 Å². The standard InChI is InChI=1S/C24H18N8O7P/c33-21-17-5-1-3-7-19(17)31(23(21)35)11-15-9-29(27-25-15)13-38-40(37)39-14-30-10-16(26-28-30)12-32-20-8-4-2-6-18(20)22(34)24(32)36/h1-10H,11-14H2/q+1. The third kappa shape index (κ3) is 4.68. The Balaban J connectivity index is 0.988. The van der Waals surface area contributed by atoms with Crippen molar-refractivity contribution in [2.24, 2.45) is 0 Å². The predicted octanol–water partition coefficient (Wildman–Crippen LogP) is 1.63. The van der Waals surface area contributed by atoms with Crippen molar-refractivity contribution in [2.75, 3.05) is 9.80 Å². The quantitative estimate of drug-likeness (QED) is 0.204. The van der Waals surface area contributed by atoms with Crippen LogP contribution < -0.4 is 9.80 Å². The first-order valence-corrected chi connectivity index (χ1v) is 12.9. The SMILES string of the molecule is O=C1C(=O)N(Cc2cn(CO[P+](=O)OCn3cc(CN4C(=O)C(=O)c5ccccc54)nn3)nn2)c2ccccc21. The predicted molar refractivity (Wildman–Crippen MR) is 134 cm³/mol. The number of anilines is 2. The minimum atomic E-state index is -2.58. The smallest absolute Gasteiger partial charge is 0.299 e. The summed E-state index contributed by atoms with van der Waals surface area (Å²) in [5, 5.41) is 15.7. The average Bonchev–Trinajstić information content (AvgIpc) is 3.73. The summed E-state index contributed by atoms with van der Waals surface area (Å²) < 4.78 is 25.1. The summed E-state index contributed by atoms with van der Waals surface area (Å²) >= 11 is 0. The van der Waals surface area contributed by atoms with E-state index in [0.717, 1.165) is 0 Å². The van der Waals surface area contributed by atoms with Crippen LogP contribution in [0.15, 0.2) is 60.9 Å². The highest BCUT2D eigenvalue weighted by Gasteiger charge is 2.37. The second-order valence-electron chi connectivity index (χ2n) is 8.71. The van der Waals surface area contributed by atoms with E-state index in [9.17, 15) is 23.7 Å². The molecule has 0 aliphatic carbocycles. The summed E-state index contributed by atoms with van der Waals surface area (Å²) in [6.07, 6.45) is 2.99. The lowest BCUT2D eigenvalue weighted by Crippen LogP contribution is -2.29. The van der Waals surface area contributed by atoms with Crippen molar-refractivity contribution in [2.45, 2.75) is 26.6 Å². The number of carbonyl (C=O) groups is 4. The topological polar surface area (TPSA) is 172 Å².